The van der Waals surface area contributed by atoms with Crippen molar-refractivity contribution >= 4 is 11.8 Å². The summed E-state index contributed by atoms with van der Waals surface area (Å²) in [6.07, 6.45) is 1.24. The first-order valence-electron chi connectivity index (χ1n) is 7.26. The van der Waals surface area contributed by atoms with Gasteiger partial charge in [0.15, 0.2) is 0 Å². The second-order valence-electron chi connectivity index (χ2n) is 5.51. The molecule has 9 nitrogen and oxygen atoms in total. The molecule has 2 N–H and O–H groups in total. The third-order valence-electron chi connectivity index (χ3n) is 3.97. The fourth-order valence-corrected chi connectivity index (χ4v) is 2.69. The lowest BCUT2D eigenvalue weighted by atomic mass is 10.2. The first-order valence-corrected chi connectivity index (χ1v) is 7.26. The molecule has 0 amide bonds. The van der Waals surface area contributed by atoms with Crippen LogP contribution in [-0.4, -0.2) is 67.9 Å². The lowest BCUT2D eigenvalue weighted by molar-refractivity contribution is -0.0462. The molecule has 120 valence electrons. The number of nitrogens with zero attached hydrogens (tertiary/aromatic N) is 5. The largest absolute Gasteiger partial charge is 0.394 e. The summed E-state index contributed by atoms with van der Waals surface area (Å²) in [7, 11) is 1.94. The van der Waals surface area contributed by atoms with Crippen molar-refractivity contribution in [1.29, 1.82) is 0 Å². The van der Waals surface area contributed by atoms with Gasteiger partial charge in [-0.25, -0.2) is 9.78 Å². The van der Waals surface area contributed by atoms with Crippen LogP contribution in [0.5, 0.6) is 0 Å². The normalized spacial score (nSPS) is 30.4. The van der Waals surface area contributed by atoms with Crippen LogP contribution in [-0.2, 0) is 4.74 Å². The van der Waals surface area contributed by atoms with Gasteiger partial charge in [-0.15, -0.1) is 0 Å². The molecule has 0 aliphatic carbocycles. The Hall–Kier alpha value is -1.84. The third-order valence-corrected chi connectivity index (χ3v) is 3.97. The van der Waals surface area contributed by atoms with Crippen molar-refractivity contribution in [2.45, 2.75) is 37.7 Å². The van der Waals surface area contributed by atoms with Crippen LogP contribution in [0.1, 0.15) is 25.5 Å². The van der Waals surface area contributed by atoms with Gasteiger partial charge in [-0.3, -0.25) is 4.57 Å². The molecule has 3 atom stereocenters. The number of aliphatic imine (C=N–C) groups is 1. The lowest BCUT2D eigenvalue weighted by Crippen LogP contribution is -2.28. The zero-order chi connectivity index (χ0) is 15.7. The highest BCUT2D eigenvalue weighted by molar-refractivity contribution is 5.85. The zero-order valence-corrected chi connectivity index (χ0v) is 12.3. The summed E-state index contributed by atoms with van der Waals surface area (Å²) in [6.45, 7) is 0.637. The Morgan fingerprint density at radius 2 is 2.36 bits per heavy atom. The molecule has 0 saturated carbocycles. The van der Waals surface area contributed by atoms with Gasteiger partial charge in [0, 0.05) is 26.4 Å². The van der Waals surface area contributed by atoms with Crippen LogP contribution in [0.4, 0.5) is 5.95 Å². The van der Waals surface area contributed by atoms with Crippen molar-refractivity contribution in [3.05, 3.63) is 16.8 Å². The Bertz CT molecular complexity index is 631. The van der Waals surface area contributed by atoms with Crippen molar-refractivity contribution in [3.8, 4) is 0 Å². The minimum absolute atomic E-state index is 0.127. The standard InChI is InChI=1S/C13H19N5O4/c1-17-4-2-3-10(17)15-12-14-7-18(13(21)16-12)11-5-8(20)9(6-19)22-11/h7-9,11,19-20H,2-6H2,1H3/b15-10-/t8-,9+,11+/m0/s1. The van der Waals surface area contributed by atoms with E-state index in [-0.39, 0.29) is 19.0 Å². The molecule has 1 aromatic rings. The molecule has 22 heavy (non-hydrogen) atoms. The van der Waals surface area contributed by atoms with Crippen LogP contribution in [0.25, 0.3) is 0 Å². The average Bonchev–Trinajstić information content (AvgIpc) is 3.05. The Morgan fingerprint density at radius 1 is 1.55 bits per heavy atom. The summed E-state index contributed by atoms with van der Waals surface area (Å²) in [5, 5.41) is 18.8. The van der Waals surface area contributed by atoms with E-state index in [9.17, 15) is 9.90 Å². The van der Waals surface area contributed by atoms with Gasteiger partial charge in [-0.05, 0) is 6.42 Å². The van der Waals surface area contributed by atoms with Gasteiger partial charge in [-0.2, -0.15) is 9.98 Å². The van der Waals surface area contributed by atoms with Crippen LogP contribution >= 0.6 is 0 Å². The molecule has 2 fully saturated rings. The molecule has 0 unspecified atom stereocenters. The summed E-state index contributed by atoms with van der Waals surface area (Å²) < 4.78 is 6.63. The number of amidine groups is 1. The van der Waals surface area contributed by atoms with E-state index >= 15 is 0 Å². The van der Waals surface area contributed by atoms with Gasteiger partial charge < -0.3 is 19.8 Å². The van der Waals surface area contributed by atoms with Crippen molar-refractivity contribution in [2.75, 3.05) is 20.2 Å². The van der Waals surface area contributed by atoms with Gasteiger partial charge in [-0.1, -0.05) is 0 Å². The quantitative estimate of drug-likeness (QED) is 0.739. The number of aliphatic hydroxyl groups is 2. The van der Waals surface area contributed by atoms with E-state index in [2.05, 4.69) is 15.0 Å². The molecule has 1 aromatic heterocycles. The van der Waals surface area contributed by atoms with E-state index in [1.54, 1.807) is 0 Å². The van der Waals surface area contributed by atoms with Crippen molar-refractivity contribution in [3.63, 3.8) is 0 Å². The molecular formula is C13H19N5O4. The molecule has 3 heterocycles. The molecule has 0 bridgehead atoms. The van der Waals surface area contributed by atoms with Crippen molar-refractivity contribution < 1.29 is 14.9 Å². The number of aliphatic hydroxyl groups excluding tert-OH is 2. The Balaban J connectivity index is 1.80. The van der Waals surface area contributed by atoms with E-state index in [1.165, 1.54) is 10.9 Å². The number of ether oxygens (including phenoxy) is 1. The van der Waals surface area contributed by atoms with Crippen molar-refractivity contribution in [1.82, 2.24) is 19.4 Å². The van der Waals surface area contributed by atoms with Gasteiger partial charge in [0.05, 0.1) is 12.7 Å². The Morgan fingerprint density at radius 3 is 2.95 bits per heavy atom. The van der Waals surface area contributed by atoms with Gasteiger partial charge in [0.2, 0.25) is 0 Å². The summed E-state index contributed by atoms with van der Waals surface area (Å²) in [5.41, 5.74) is -0.536. The van der Waals surface area contributed by atoms with Crippen LogP contribution in [0, 0.1) is 0 Å². The predicted molar refractivity (Wildman–Crippen MR) is 76.9 cm³/mol. The second-order valence-corrected chi connectivity index (χ2v) is 5.51. The summed E-state index contributed by atoms with van der Waals surface area (Å²) in [5.74, 6) is 0.993. The maximum Gasteiger partial charge on any atom is 0.354 e. The second kappa shape index (κ2) is 6.11. The molecule has 2 aliphatic rings. The van der Waals surface area contributed by atoms with E-state index in [4.69, 9.17) is 9.84 Å². The maximum absolute atomic E-state index is 12.1. The maximum atomic E-state index is 12.1. The highest BCUT2D eigenvalue weighted by atomic mass is 16.5. The fourth-order valence-electron chi connectivity index (χ4n) is 2.69. The fraction of sp³-hybridized carbons (Fsp3) is 0.692. The monoisotopic (exact) mass is 309 g/mol. The molecule has 2 aliphatic heterocycles. The van der Waals surface area contributed by atoms with Crippen LogP contribution in [0.2, 0.25) is 0 Å². The first-order chi connectivity index (χ1) is 10.6. The zero-order valence-electron chi connectivity index (χ0n) is 12.3. The lowest BCUT2D eigenvalue weighted by Gasteiger charge is -2.14. The number of likely N-dealkylation sites (tertiary alicyclic amines) is 1. The molecule has 0 radical (unpaired) electrons. The van der Waals surface area contributed by atoms with Crippen LogP contribution < -0.4 is 5.69 Å². The highest BCUT2D eigenvalue weighted by Gasteiger charge is 2.35. The topological polar surface area (TPSA) is 113 Å². The van der Waals surface area contributed by atoms with Gasteiger partial charge in [0.1, 0.15) is 24.5 Å². The smallest absolute Gasteiger partial charge is 0.354 e. The predicted octanol–water partition coefficient (Wildman–Crippen LogP) is -0.965. The number of aromatic nitrogens is 3. The number of hydrogen-bond acceptors (Lipinski definition) is 7. The first kappa shape index (κ1) is 15.1. The molecule has 0 aromatic carbocycles. The molecular weight excluding hydrogens is 290 g/mol. The minimum atomic E-state index is -0.811. The summed E-state index contributed by atoms with van der Waals surface area (Å²) in [4.78, 5) is 26.3. The third kappa shape index (κ3) is 2.87. The van der Waals surface area contributed by atoms with E-state index in [0.717, 1.165) is 25.2 Å². The Labute approximate surface area is 126 Å². The molecule has 2 saturated heterocycles. The van der Waals surface area contributed by atoms with E-state index in [1.807, 2.05) is 11.9 Å². The van der Waals surface area contributed by atoms with Crippen molar-refractivity contribution in [2.24, 2.45) is 4.99 Å². The van der Waals surface area contributed by atoms with Crippen LogP contribution in [0.3, 0.4) is 0 Å². The summed E-state index contributed by atoms with van der Waals surface area (Å²) in [6, 6.07) is 0. The molecule has 9 heteroatoms. The number of rotatable bonds is 3. The molecule has 0 spiro atoms. The Kier molecular flexibility index (Phi) is 4.19. The SMILES string of the molecule is CN1CCC/C1=N/c1ncn([C@H]2C[C@H](O)[C@@H](CO)O2)c(=O)n1. The van der Waals surface area contributed by atoms with Gasteiger partial charge >= 0.3 is 5.69 Å². The number of hydrogen-bond donors (Lipinski definition) is 2. The van der Waals surface area contributed by atoms with Crippen LogP contribution in [0.15, 0.2) is 16.1 Å². The average molecular weight is 309 g/mol. The van der Waals surface area contributed by atoms with Gasteiger partial charge in [0.25, 0.3) is 5.95 Å². The molecule has 3 rings (SSSR count). The van der Waals surface area contributed by atoms with E-state index in [0.29, 0.717) is 0 Å². The highest BCUT2D eigenvalue weighted by Crippen LogP contribution is 2.27. The summed E-state index contributed by atoms with van der Waals surface area (Å²) >= 11 is 0. The minimum Gasteiger partial charge on any atom is -0.394 e. The van der Waals surface area contributed by atoms with E-state index < -0.39 is 24.1 Å².